The quantitative estimate of drug-likeness (QED) is 0.574. The maximum Gasteiger partial charge on any atom is 0.148 e. The second-order valence-corrected chi connectivity index (χ2v) is 7.96. The highest BCUT2D eigenvalue weighted by Crippen LogP contribution is 2.49. The van der Waals surface area contributed by atoms with E-state index in [0.29, 0.717) is 0 Å². The van der Waals surface area contributed by atoms with Crippen LogP contribution in [0.1, 0.15) is 17.5 Å². The van der Waals surface area contributed by atoms with Gasteiger partial charge in [0.25, 0.3) is 0 Å². The molecule has 1 aliphatic rings. The fraction of sp³-hybridized carbons (Fsp3) is 0.125. The van der Waals surface area contributed by atoms with Crippen LogP contribution in [-0.2, 0) is 5.60 Å². The van der Waals surface area contributed by atoms with E-state index in [2.05, 4.69) is 27.3 Å². The summed E-state index contributed by atoms with van der Waals surface area (Å²) >= 11 is 3.43. The number of nitrogens with one attached hydrogen (secondary N) is 1. The SMILES string of the molecule is N#C[C@@]1(Nc2ccc(Br)cc2)C=C(c2ccccc2)[C@](O)(c2ccccc2)C1. The molecule has 2 atom stereocenters. The highest BCUT2D eigenvalue weighted by Gasteiger charge is 2.50. The molecule has 2 N–H and O–H groups in total. The van der Waals surface area contributed by atoms with Crippen molar-refractivity contribution in [2.75, 3.05) is 5.32 Å². The number of anilines is 1. The molecule has 0 saturated heterocycles. The van der Waals surface area contributed by atoms with Crippen molar-refractivity contribution in [1.82, 2.24) is 0 Å². The van der Waals surface area contributed by atoms with E-state index in [-0.39, 0.29) is 6.42 Å². The van der Waals surface area contributed by atoms with E-state index in [0.717, 1.165) is 26.9 Å². The van der Waals surface area contributed by atoms with Crippen LogP contribution in [0.3, 0.4) is 0 Å². The predicted octanol–water partition coefficient (Wildman–Crippen LogP) is 5.50. The minimum absolute atomic E-state index is 0.223. The van der Waals surface area contributed by atoms with Crippen molar-refractivity contribution >= 4 is 27.2 Å². The molecule has 0 unspecified atom stereocenters. The number of nitrogens with zero attached hydrogens (tertiary/aromatic N) is 1. The van der Waals surface area contributed by atoms with E-state index in [4.69, 9.17) is 0 Å². The molecule has 138 valence electrons. The first-order chi connectivity index (χ1) is 13.5. The highest BCUT2D eigenvalue weighted by atomic mass is 79.9. The van der Waals surface area contributed by atoms with Crippen molar-refractivity contribution in [2.24, 2.45) is 0 Å². The molecule has 3 aromatic carbocycles. The van der Waals surface area contributed by atoms with E-state index in [1.54, 1.807) is 0 Å². The van der Waals surface area contributed by atoms with E-state index < -0.39 is 11.1 Å². The van der Waals surface area contributed by atoms with Gasteiger partial charge in [-0.2, -0.15) is 5.26 Å². The second-order valence-electron chi connectivity index (χ2n) is 7.04. The number of hydrogen-bond donors (Lipinski definition) is 2. The molecule has 3 aromatic rings. The zero-order valence-electron chi connectivity index (χ0n) is 15.1. The number of halogens is 1. The summed E-state index contributed by atoms with van der Waals surface area (Å²) in [5.74, 6) is 0. The van der Waals surface area contributed by atoms with Crippen molar-refractivity contribution in [3.05, 3.63) is 107 Å². The van der Waals surface area contributed by atoms with E-state index in [1.807, 2.05) is 91.0 Å². The summed E-state index contributed by atoms with van der Waals surface area (Å²) < 4.78 is 0.969. The first-order valence-electron chi connectivity index (χ1n) is 9.06. The van der Waals surface area contributed by atoms with Crippen molar-refractivity contribution in [2.45, 2.75) is 17.6 Å². The maximum absolute atomic E-state index is 11.8. The Labute approximate surface area is 173 Å². The topological polar surface area (TPSA) is 56.0 Å². The fourth-order valence-corrected chi connectivity index (χ4v) is 4.06. The first kappa shape index (κ1) is 18.5. The minimum atomic E-state index is -1.26. The van der Waals surface area contributed by atoms with Crippen LogP contribution in [-0.4, -0.2) is 10.6 Å². The number of aliphatic hydroxyl groups is 1. The molecule has 1 aliphatic carbocycles. The molecule has 0 aliphatic heterocycles. The molecule has 0 spiro atoms. The smallest absolute Gasteiger partial charge is 0.148 e. The van der Waals surface area contributed by atoms with Crippen LogP contribution >= 0.6 is 15.9 Å². The summed E-state index contributed by atoms with van der Waals surface area (Å²) in [6.07, 6.45) is 2.10. The fourth-order valence-electron chi connectivity index (χ4n) is 3.80. The van der Waals surface area contributed by atoms with Gasteiger partial charge in [0, 0.05) is 16.6 Å². The third kappa shape index (κ3) is 3.35. The van der Waals surface area contributed by atoms with Gasteiger partial charge in [0.05, 0.1) is 6.07 Å². The summed E-state index contributed by atoms with van der Waals surface area (Å²) in [4.78, 5) is 0. The van der Waals surface area contributed by atoms with Crippen LogP contribution in [0.2, 0.25) is 0 Å². The standard InChI is InChI=1S/C24H19BrN2O/c25-20-11-13-21(14-12-20)27-23(17-26)15-22(18-7-3-1-4-8-18)24(28,16-23)19-9-5-2-6-10-19/h1-15,27-28H,16H2/t23-,24-/m1/s1. The average molecular weight is 431 g/mol. The van der Waals surface area contributed by atoms with Crippen LogP contribution in [0.4, 0.5) is 5.69 Å². The molecule has 4 heteroatoms. The molecule has 0 saturated carbocycles. The van der Waals surface area contributed by atoms with Gasteiger partial charge in [-0.25, -0.2) is 0 Å². The van der Waals surface area contributed by atoms with Gasteiger partial charge in [-0.3, -0.25) is 0 Å². The monoisotopic (exact) mass is 430 g/mol. The molecular weight excluding hydrogens is 412 g/mol. The molecular formula is C24H19BrN2O. The van der Waals surface area contributed by atoms with Gasteiger partial charge in [0.15, 0.2) is 0 Å². The molecule has 0 aromatic heterocycles. The first-order valence-corrected chi connectivity index (χ1v) is 9.86. The van der Waals surface area contributed by atoms with Crippen LogP contribution < -0.4 is 5.32 Å². The molecule has 4 rings (SSSR count). The zero-order chi connectivity index (χ0) is 19.6. The van der Waals surface area contributed by atoms with Gasteiger partial charge < -0.3 is 10.4 Å². The van der Waals surface area contributed by atoms with Crippen molar-refractivity contribution in [3.63, 3.8) is 0 Å². The van der Waals surface area contributed by atoms with E-state index >= 15 is 0 Å². The molecule has 0 radical (unpaired) electrons. The zero-order valence-corrected chi connectivity index (χ0v) is 16.7. The molecule has 0 heterocycles. The number of nitriles is 1. The van der Waals surface area contributed by atoms with E-state index in [1.165, 1.54) is 0 Å². The lowest BCUT2D eigenvalue weighted by Gasteiger charge is -2.30. The summed E-state index contributed by atoms with van der Waals surface area (Å²) in [6.45, 7) is 0. The van der Waals surface area contributed by atoms with Crippen LogP contribution in [0.15, 0.2) is 95.5 Å². The predicted molar refractivity (Wildman–Crippen MR) is 115 cm³/mol. The highest BCUT2D eigenvalue weighted by molar-refractivity contribution is 9.10. The van der Waals surface area contributed by atoms with Gasteiger partial charge >= 0.3 is 0 Å². The molecule has 28 heavy (non-hydrogen) atoms. The van der Waals surface area contributed by atoms with Crippen LogP contribution in [0.5, 0.6) is 0 Å². The van der Waals surface area contributed by atoms with Gasteiger partial charge in [0.2, 0.25) is 0 Å². The summed E-state index contributed by atoms with van der Waals surface area (Å²) in [5, 5.41) is 25.2. The van der Waals surface area contributed by atoms with Crippen molar-refractivity contribution < 1.29 is 5.11 Å². The second kappa shape index (κ2) is 7.27. The Hall–Kier alpha value is -2.87. The lowest BCUT2D eigenvalue weighted by atomic mass is 9.82. The van der Waals surface area contributed by atoms with E-state index in [9.17, 15) is 10.4 Å². The minimum Gasteiger partial charge on any atom is -0.380 e. The Kier molecular flexibility index (Phi) is 4.80. The Balaban J connectivity index is 1.82. The summed E-state index contributed by atoms with van der Waals surface area (Å²) in [6, 6.07) is 29.4. The van der Waals surface area contributed by atoms with Crippen molar-refractivity contribution in [1.29, 1.82) is 5.26 Å². The summed E-state index contributed by atoms with van der Waals surface area (Å²) in [7, 11) is 0. The maximum atomic E-state index is 11.8. The Morgan fingerprint density at radius 1 is 0.893 bits per heavy atom. The Bertz CT molecular complexity index is 1040. The number of hydrogen-bond acceptors (Lipinski definition) is 3. The lowest BCUT2D eigenvalue weighted by molar-refractivity contribution is 0.0919. The van der Waals surface area contributed by atoms with Gasteiger partial charge in [-0.15, -0.1) is 0 Å². The Morgan fingerprint density at radius 2 is 1.50 bits per heavy atom. The third-order valence-electron chi connectivity index (χ3n) is 5.12. The van der Waals surface area contributed by atoms with Crippen LogP contribution in [0, 0.1) is 11.3 Å². The molecule has 0 amide bonds. The Morgan fingerprint density at radius 3 is 2.11 bits per heavy atom. The molecule has 3 nitrogen and oxygen atoms in total. The van der Waals surface area contributed by atoms with Crippen molar-refractivity contribution in [3.8, 4) is 6.07 Å². The average Bonchev–Trinajstić information content (AvgIpc) is 3.05. The van der Waals surface area contributed by atoms with Gasteiger partial charge in [0.1, 0.15) is 11.1 Å². The normalized spacial score (nSPS) is 23.7. The largest absolute Gasteiger partial charge is 0.380 e. The summed E-state index contributed by atoms with van der Waals surface area (Å²) in [5.41, 5.74) is 0.962. The molecule has 0 fully saturated rings. The van der Waals surface area contributed by atoms with Gasteiger partial charge in [-0.1, -0.05) is 76.6 Å². The molecule has 0 bridgehead atoms. The van der Waals surface area contributed by atoms with Gasteiger partial charge in [-0.05, 0) is 47.0 Å². The number of benzene rings is 3. The lowest BCUT2D eigenvalue weighted by Crippen LogP contribution is -2.37. The third-order valence-corrected chi connectivity index (χ3v) is 5.65. The van der Waals surface area contributed by atoms with Crippen LogP contribution in [0.25, 0.3) is 5.57 Å². The number of rotatable bonds is 4.